The van der Waals surface area contributed by atoms with E-state index in [1.54, 1.807) is 0 Å². The zero-order chi connectivity index (χ0) is 13.9. The lowest BCUT2D eigenvalue weighted by Crippen LogP contribution is -2.01. The summed E-state index contributed by atoms with van der Waals surface area (Å²) in [7, 11) is 0. The highest BCUT2D eigenvalue weighted by Gasteiger charge is 2.05. The molecule has 1 aromatic heterocycles. The van der Waals surface area contributed by atoms with Gasteiger partial charge in [-0.2, -0.15) is 4.98 Å². The zero-order valence-electron chi connectivity index (χ0n) is 10.6. The molecular formula is C15H12BrN3S. The van der Waals surface area contributed by atoms with Crippen LogP contribution in [0.5, 0.6) is 0 Å². The Hall–Kier alpha value is -1.72. The number of benzene rings is 2. The Morgan fingerprint density at radius 1 is 1.05 bits per heavy atom. The predicted octanol–water partition coefficient (Wildman–Crippen LogP) is 4.42. The molecule has 0 aliphatic heterocycles. The van der Waals surface area contributed by atoms with Crippen LogP contribution in [0.15, 0.2) is 59.1 Å². The lowest BCUT2D eigenvalue weighted by atomic mass is 10.2. The second kappa shape index (κ2) is 5.73. The third kappa shape index (κ3) is 2.89. The fourth-order valence-corrected chi connectivity index (χ4v) is 2.43. The minimum atomic E-state index is 0.562. The molecule has 0 atom stereocenters. The first-order valence-corrected chi connectivity index (χ1v) is 7.39. The van der Waals surface area contributed by atoms with Gasteiger partial charge in [-0.15, -0.1) is 0 Å². The van der Waals surface area contributed by atoms with Crippen molar-refractivity contribution in [3.63, 3.8) is 0 Å². The van der Waals surface area contributed by atoms with Gasteiger partial charge in [0.05, 0.1) is 6.54 Å². The molecule has 0 saturated carbocycles. The van der Waals surface area contributed by atoms with Crippen molar-refractivity contribution < 1.29 is 0 Å². The maximum Gasteiger partial charge on any atom is 0.216 e. The molecule has 1 N–H and O–H groups in total. The Kier molecular flexibility index (Phi) is 3.80. The second-order valence-electron chi connectivity index (χ2n) is 4.43. The molecule has 0 amide bonds. The smallest absolute Gasteiger partial charge is 0.216 e. The Balaban J connectivity index is 1.91. The maximum absolute atomic E-state index is 5.31. The summed E-state index contributed by atoms with van der Waals surface area (Å²) < 4.78 is 3.48. The molecule has 2 aromatic carbocycles. The van der Waals surface area contributed by atoms with Crippen molar-refractivity contribution in [2.24, 2.45) is 0 Å². The van der Waals surface area contributed by atoms with Crippen LogP contribution in [0.25, 0.3) is 11.4 Å². The summed E-state index contributed by atoms with van der Waals surface area (Å²) in [6, 6.07) is 18.2. The summed E-state index contributed by atoms with van der Waals surface area (Å²) in [5.74, 6) is 0.790. The Bertz CT molecular complexity index is 760. The minimum Gasteiger partial charge on any atom is -0.279 e. The Morgan fingerprint density at radius 3 is 2.45 bits per heavy atom. The topological polar surface area (TPSA) is 33.6 Å². The molecule has 1 heterocycles. The van der Waals surface area contributed by atoms with E-state index in [4.69, 9.17) is 12.2 Å². The number of nitrogens with one attached hydrogen (secondary N) is 1. The van der Waals surface area contributed by atoms with E-state index in [1.165, 1.54) is 5.56 Å². The van der Waals surface area contributed by atoms with Crippen molar-refractivity contribution in [2.45, 2.75) is 6.54 Å². The maximum atomic E-state index is 5.31. The van der Waals surface area contributed by atoms with Gasteiger partial charge in [0.2, 0.25) is 4.77 Å². The molecule has 100 valence electrons. The molecule has 3 aromatic rings. The van der Waals surface area contributed by atoms with Crippen molar-refractivity contribution in [2.75, 3.05) is 0 Å². The molecule has 0 unspecified atom stereocenters. The third-order valence-corrected chi connectivity index (χ3v) is 3.82. The first-order valence-electron chi connectivity index (χ1n) is 6.19. The average molecular weight is 346 g/mol. The minimum absolute atomic E-state index is 0.562. The van der Waals surface area contributed by atoms with Crippen molar-refractivity contribution in [3.05, 3.63) is 69.4 Å². The van der Waals surface area contributed by atoms with Gasteiger partial charge in [-0.1, -0.05) is 58.4 Å². The van der Waals surface area contributed by atoms with Crippen molar-refractivity contribution >= 4 is 28.1 Å². The molecule has 0 bridgehead atoms. The van der Waals surface area contributed by atoms with Crippen LogP contribution >= 0.6 is 28.1 Å². The van der Waals surface area contributed by atoms with Crippen LogP contribution in [-0.4, -0.2) is 14.8 Å². The summed E-state index contributed by atoms with van der Waals surface area (Å²) in [4.78, 5) is 4.41. The number of rotatable bonds is 3. The molecule has 3 nitrogen and oxygen atoms in total. The fourth-order valence-electron chi connectivity index (χ4n) is 1.97. The first kappa shape index (κ1) is 13.3. The number of H-pyrrole nitrogens is 1. The number of halogens is 1. The Morgan fingerprint density at radius 2 is 1.75 bits per heavy atom. The van der Waals surface area contributed by atoms with E-state index in [2.05, 4.69) is 38.1 Å². The van der Waals surface area contributed by atoms with Gasteiger partial charge in [0.15, 0.2) is 5.82 Å². The van der Waals surface area contributed by atoms with Crippen molar-refractivity contribution in [3.8, 4) is 11.4 Å². The molecule has 0 spiro atoms. The van der Waals surface area contributed by atoms with Crippen molar-refractivity contribution in [1.29, 1.82) is 0 Å². The van der Waals surface area contributed by atoms with Gasteiger partial charge in [0.1, 0.15) is 0 Å². The number of nitrogens with zero attached hydrogens (tertiary/aromatic N) is 2. The molecule has 5 heteroatoms. The van der Waals surface area contributed by atoms with Crippen molar-refractivity contribution in [1.82, 2.24) is 14.8 Å². The third-order valence-electron chi connectivity index (χ3n) is 2.98. The van der Waals surface area contributed by atoms with Crippen LogP contribution in [0.2, 0.25) is 0 Å². The molecule has 0 radical (unpaired) electrons. The molecule has 0 saturated heterocycles. The highest BCUT2D eigenvalue weighted by atomic mass is 79.9. The normalized spacial score (nSPS) is 10.7. The van der Waals surface area contributed by atoms with Gasteiger partial charge >= 0.3 is 0 Å². The van der Waals surface area contributed by atoms with E-state index in [1.807, 2.05) is 47.1 Å². The van der Waals surface area contributed by atoms with E-state index in [0.717, 1.165) is 15.9 Å². The highest BCUT2D eigenvalue weighted by Crippen LogP contribution is 2.18. The van der Waals surface area contributed by atoms with Crippen LogP contribution in [0.4, 0.5) is 0 Å². The summed E-state index contributed by atoms with van der Waals surface area (Å²) in [6.07, 6.45) is 0. The molecule has 20 heavy (non-hydrogen) atoms. The van der Waals surface area contributed by atoms with Crippen LogP contribution < -0.4 is 0 Å². The number of aromatic nitrogens is 3. The molecule has 0 aliphatic rings. The highest BCUT2D eigenvalue weighted by molar-refractivity contribution is 9.10. The summed E-state index contributed by atoms with van der Waals surface area (Å²) in [6.45, 7) is 0.698. The van der Waals surface area contributed by atoms with Crippen LogP contribution in [0.1, 0.15) is 5.56 Å². The van der Waals surface area contributed by atoms with E-state index in [9.17, 15) is 0 Å². The van der Waals surface area contributed by atoms with Crippen LogP contribution in [-0.2, 0) is 6.54 Å². The summed E-state index contributed by atoms with van der Waals surface area (Å²) in [5.41, 5.74) is 2.21. The summed E-state index contributed by atoms with van der Waals surface area (Å²) in [5, 5.41) is 3.25. The second-order valence-corrected chi connectivity index (χ2v) is 5.71. The van der Waals surface area contributed by atoms with E-state index in [0.29, 0.717) is 11.3 Å². The molecular weight excluding hydrogens is 334 g/mol. The van der Waals surface area contributed by atoms with Gasteiger partial charge in [0, 0.05) is 10.0 Å². The van der Waals surface area contributed by atoms with E-state index < -0.39 is 0 Å². The van der Waals surface area contributed by atoms with Gasteiger partial charge in [-0.3, -0.25) is 9.78 Å². The van der Waals surface area contributed by atoms with Gasteiger partial charge in [-0.25, -0.2) is 0 Å². The number of hydrogen-bond donors (Lipinski definition) is 1. The first-order chi connectivity index (χ1) is 9.72. The molecule has 0 aliphatic carbocycles. The lowest BCUT2D eigenvalue weighted by molar-refractivity contribution is 0.677. The number of aromatic amines is 1. The van der Waals surface area contributed by atoms with Crippen LogP contribution in [0, 0.1) is 4.77 Å². The largest absolute Gasteiger partial charge is 0.279 e. The van der Waals surface area contributed by atoms with Crippen LogP contribution in [0.3, 0.4) is 0 Å². The summed E-state index contributed by atoms with van der Waals surface area (Å²) >= 11 is 8.73. The van der Waals surface area contributed by atoms with Gasteiger partial charge < -0.3 is 0 Å². The Labute approximate surface area is 130 Å². The predicted molar refractivity (Wildman–Crippen MR) is 86.1 cm³/mol. The molecule has 0 fully saturated rings. The quantitative estimate of drug-likeness (QED) is 0.713. The van der Waals surface area contributed by atoms with Gasteiger partial charge in [0.25, 0.3) is 0 Å². The molecule has 3 rings (SSSR count). The SMILES string of the molecule is S=c1nc(-c2ccc(Br)cc2)[nH]n1Cc1ccccc1. The van der Waals surface area contributed by atoms with Gasteiger partial charge in [-0.05, 0) is 29.9 Å². The van der Waals surface area contributed by atoms with E-state index in [-0.39, 0.29) is 0 Å². The lowest BCUT2D eigenvalue weighted by Gasteiger charge is -2.02. The average Bonchev–Trinajstić information content (AvgIpc) is 2.82. The van der Waals surface area contributed by atoms with E-state index >= 15 is 0 Å². The fraction of sp³-hybridized carbons (Fsp3) is 0.0667. The monoisotopic (exact) mass is 345 g/mol. The zero-order valence-corrected chi connectivity index (χ0v) is 13.0. The number of hydrogen-bond acceptors (Lipinski definition) is 2. The standard InChI is InChI=1S/C15H12BrN3S/c16-13-8-6-12(7-9-13)14-17-15(20)19(18-14)10-11-4-2-1-3-5-11/h1-9H,10H2,(H,17,18,20).